The molecule has 1 aromatic rings. The second kappa shape index (κ2) is 6.14. The van der Waals surface area contributed by atoms with Crippen molar-refractivity contribution in [3.63, 3.8) is 0 Å². The van der Waals surface area contributed by atoms with Crippen LogP contribution in [0.4, 0.5) is 11.6 Å². The van der Waals surface area contributed by atoms with Crippen molar-refractivity contribution in [1.29, 1.82) is 0 Å². The predicted molar refractivity (Wildman–Crippen MR) is 80.5 cm³/mol. The van der Waals surface area contributed by atoms with Crippen LogP contribution in [0.1, 0.15) is 25.7 Å². The molecule has 0 amide bonds. The fourth-order valence-electron chi connectivity index (χ4n) is 3.01. The zero-order chi connectivity index (χ0) is 13.9. The molecule has 0 spiro atoms. The van der Waals surface area contributed by atoms with Crippen LogP contribution in [-0.4, -0.2) is 47.9 Å². The molecule has 2 fully saturated rings. The summed E-state index contributed by atoms with van der Waals surface area (Å²) in [5.41, 5.74) is 0. The lowest BCUT2D eigenvalue weighted by molar-refractivity contribution is 0.203. The van der Waals surface area contributed by atoms with Gasteiger partial charge >= 0.3 is 0 Å². The van der Waals surface area contributed by atoms with Crippen molar-refractivity contribution in [2.45, 2.75) is 25.7 Å². The minimum Gasteiger partial charge on any atom is -0.396 e. The molecule has 0 unspecified atom stereocenters. The number of aromatic nitrogens is 2. The molecular weight excluding hydrogens is 276 g/mol. The molecule has 20 heavy (non-hydrogen) atoms. The highest BCUT2D eigenvalue weighted by Crippen LogP contribution is 2.27. The fraction of sp³-hybridized carbons (Fsp3) is 0.714. The SMILES string of the molecule is OCC1CCN(c2cc(N3CCCC3)nc(Cl)n2)CC1. The van der Waals surface area contributed by atoms with Crippen LogP contribution in [0.3, 0.4) is 0 Å². The number of hydrogen-bond donors (Lipinski definition) is 1. The largest absolute Gasteiger partial charge is 0.396 e. The van der Waals surface area contributed by atoms with Crippen molar-refractivity contribution in [2.24, 2.45) is 5.92 Å². The lowest BCUT2D eigenvalue weighted by Crippen LogP contribution is -2.35. The van der Waals surface area contributed by atoms with Crippen LogP contribution < -0.4 is 9.80 Å². The standard InChI is InChI=1S/C14H21ClN4O/c15-14-16-12(18-5-1-2-6-18)9-13(17-14)19-7-3-11(10-20)4-8-19/h9,11,20H,1-8,10H2. The molecule has 1 aromatic heterocycles. The molecule has 6 heteroatoms. The number of rotatable bonds is 3. The third-order valence-electron chi connectivity index (χ3n) is 4.30. The molecule has 0 bridgehead atoms. The van der Waals surface area contributed by atoms with Crippen LogP contribution in [0.15, 0.2) is 6.07 Å². The van der Waals surface area contributed by atoms with E-state index in [1.165, 1.54) is 12.8 Å². The molecule has 1 N–H and O–H groups in total. The van der Waals surface area contributed by atoms with Gasteiger partial charge in [0.1, 0.15) is 11.6 Å². The third-order valence-corrected chi connectivity index (χ3v) is 4.47. The topological polar surface area (TPSA) is 52.5 Å². The van der Waals surface area contributed by atoms with Crippen LogP contribution in [0.5, 0.6) is 0 Å². The molecular formula is C14H21ClN4O. The first-order valence-electron chi connectivity index (χ1n) is 7.41. The Bertz CT molecular complexity index is 456. The third kappa shape index (κ3) is 2.99. The quantitative estimate of drug-likeness (QED) is 0.864. The van der Waals surface area contributed by atoms with Gasteiger partial charge in [-0.2, -0.15) is 0 Å². The van der Waals surface area contributed by atoms with Crippen molar-refractivity contribution in [3.05, 3.63) is 11.3 Å². The number of aliphatic hydroxyl groups excluding tert-OH is 1. The highest BCUT2D eigenvalue weighted by atomic mass is 35.5. The first kappa shape index (κ1) is 13.9. The zero-order valence-electron chi connectivity index (χ0n) is 11.6. The lowest BCUT2D eigenvalue weighted by Gasteiger charge is -2.32. The Labute approximate surface area is 124 Å². The number of halogens is 1. The fourth-order valence-corrected chi connectivity index (χ4v) is 3.18. The highest BCUT2D eigenvalue weighted by Gasteiger charge is 2.22. The van der Waals surface area contributed by atoms with E-state index in [0.717, 1.165) is 50.7 Å². The van der Waals surface area contributed by atoms with Gasteiger partial charge in [0.25, 0.3) is 0 Å². The van der Waals surface area contributed by atoms with E-state index >= 15 is 0 Å². The minimum absolute atomic E-state index is 0.289. The van der Waals surface area contributed by atoms with Crippen LogP contribution in [0.25, 0.3) is 0 Å². The average molecular weight is 297 g/mol. The van der Waals surface area contributed by atoms with Gasteiger partial charge in [-0.25, -0.2) is 9.97 Å². The van der Waals surface area contributed by atoms with E-state index in [4.69, 9.17) is 11.6 Å². The van der Waals surface area contributed by atoms with E-state index in [0.29, 0.717) is 11.2 Å². The summed E-state index contributed by atoms with van der Waals surface area (Å²) >= 11 is 6.09. The molecule has 0 aromatic carbocycles. The molecule has 0 saturated carbocycles. The van der Waals surface area contributed by atoms with Gasteiger partial charge < -0.3 is 14.9 Å². The van der Waals surface area contributed by atoms with Crippen molar-refractivity contribution < 1.29 is 5.11 Å². The maximum Gasteiger partial charge on any atom is 0.226 e. The molecule has 0 atom stereocenters. The van der Waals surface area contributed by atoms with E-state index in [2.05, 4.69) is 25.8 Å². The van der Waals surface area contributed by atoms with E-state index in [1.54, 1.807) is 0 Å². The van der Waals surface area contributed by atoms with Gasteiger partial charge in [0.05, 0.1) is 0 Å². The van der Waals surface area contributed by atoms with Crippen LogP contribution in [0.2, 0.25) is 5.28 Å². The average Bonchev–Trinajstić information content (AvgIpc) is 3.01. The van der Waals surface area contributed by atoms with E-state index in [1.807, 2.05) is 0 Å². The van der Waals surface area contributed by atoms with Gasteiger partial charge in [0, 0.05) is 38.9 Å². The molecule has 0 aliphatic carbocycles. The zero-order valence-corrected chi connectivity index (χ0v) is 12.4. The maximum absolute atomic E-state index is 9.21. The molecule has 2 aliphatic heterocycles. The number of aliphatic hydroxyl groups is 1. The number of hydrogen-bond acceptors (Lipinski definition) is 5. The highest BCUT2D eigenvalue weighted by molar-refractivity contribution is 6.28. The monoisotopic (exact) mass is 296 g/mol. The van der Waals surface area contributed by atoms with Crippen LogP contribution in [0, 0.1) is 5.92 Å². The predicted octanol–water partition coefficient (Wildman–Crippen LogP) is 1.94. The van der Waals surface area contributed by atoms with Gasteiger partial charge in [-0.05, 0) is 43.2 Å². The number of piperidine rings is 1. The summed E-state index contributed by atoms with van der Waals surface area (Å²) < 4.78 is 0. The molecule has 2 saturated heterocycles. The van der Waals surface area contributed by atoms with E-state index < -0.39 is 0 Å². The summed E-state index contributed by atoms with van der Waals surface area (Å²) in [6, 6.07) is 2.05. The minimum atomic E-state index is 0.289. The Morgan fingerprint density at radius 3 is 2.15 bits per heavy atom. The van der Waals surface area contributed by atoms with Gasteiger partial charge in [-0.3, -0.25) is 0 Å². The first-order chi connectivity index (χ1) is 9.76. The summed E-state index contributed by atoms with van der Waals surface area (Å²) in [6.07, 6.45) is 4.46. The first-order valence-corrected chi connectivity index (χ1v) is 7.79. The summed E-state index contributed by atoms with van der Waals surface area (Å²) in [4.78, 5) is 13.3. The van der Waals surface area contributed by atoms with Crippen molar-refractivity contribution in [1.82, 2.24) is 9.97 Å². The summed E-state index contributed by atoms with van der Waals surface area (Å²) in [5, 5.41) is 9.54. The Kier molecular flexibility index (Phi) is 4.27. The van der Waals surface area contributed by atoms with Gasteiger partial charge in [0.15, 0.2) is 0 Å². The Balaban J connectivity index is 1.76. The Hall–Kier alpha value is -1.07. The van der Waals surface area contributed by atoms with E-state index in [-0.39, 0.29) is 6.61 Å². The molecule has 3 rings (SSSR count). The smallest absolute Gasteiger partial charge is 0.226 e. The summed E-state index contributed by atoms with van der Waals surface area (Å²) in [7, 11) is 0. The molecule has 3 heterocycles. The number of nitrogens with zero attached hydrogens (tertiary/aromatic N) is 4. The van der Waals surface area contributed by atoms with Crippen molar-refractivity contribution in [2.75, 3.05) is 42.6 Å². The molecule has 110 valence electrons. The summed E-state index contributed by atoms with van der Waals surface area (Å²) in [6.45, 7) is 4.26. The second-order valence-corrected chi connectivity index (χ2v) is 6.00. The Morgan fingerprint density at radius 1 is 1.05 bits per heavy atom. The van der Waals surface area contributed by atoms with Crippen LogP contribution in [-0.2, 0) is 0 Å². The Morgan fingerprint density at radius 2 is 1.60 bits per heavy atom. The molecule has 5 nitrogen and oxygen atoms in total. The van der Waals surface area contributed by atoms with Gasteiger partial charge in [-0.1, -0.05) is 0 Å². The van der Waals surface area contributed by atoms with Crippen LogP contribution >= 0.6 is 11.6 Å². The molecule has 2 aliphatic rings. The maximum atomic E-state index is 9.21. The van der Waals surface area contributed by atoms with Gasteiger partial charge in [-0.15, -0.1) is 0 Å². The van der Waals surface area contributed by atoms with E-state index in [9.17, 15) is 5.11 Å². The summed E-state index contributed by atoms with van der Waals surface area (Å²) in [5.74, 6) is 2.30. The van der Waals surface area contributed by atoms with Crippen molar-refractivity contribution >= 4 is 23.2 Å². The van der Waals surface area contributed by atoms with Crippen molar-refractivity contribution in [3.8, 4) is 0 Å². The lowest BCUT2D eigenvalue weighted by atomic mass is 9.98. The normalized spacial score (nSPS) is 20.7. The number of anilines is 2. The second-order valence-electron chi connectivity index (χ2n) is 5.66. The molecule has 0 radical (unpaired) electrons. The van der Waals surface area contributed by atoms with Gasteiger partial charge in [0.2, 0.25) is 5.28 Å².